The molecule has 0 unspecified atom stereocenters. The number of benzene rings is 2. The average molecular weight is 492 g/mol. The molecule has 3 rings (SSSR count). The number of carbonyl (C=O) groups excluding carboxylic acids is 2. The van der Waals surface area contributed by atoms with Crippen molar-refractivity contribution >= 4 is 63.5 Å². The van der Waals surface area contributed by atoms with E-state index >= 15 is 0 Å². The molecule has 0 bridgehead atoms. The van der Waals surface area contributed by atoms with Crippen LogP contribution in [-0.4, -0.2) is 56.5 Å². The van der Waals surface area contributed by atoms with Crippen molar-refractivity contribution in [2.45, 2.75) is 13.5 Å². The number of fused-ring (bicyclic) bond motifs is 1. The van der Waals surface area contributed by atoms with Crippen LogP contribution in [0.4, 0.5) is 5.69 Å². The molecule has 0 aliphatic heterocycles. The average Bonchev–Trinajstić information content (AvgIpc) is 3.09. The zero-order chi connectivity index (χ0) is 24.3. The van der Waals surface area contributed by atoms with E-state index in [2.05, 4.69) is 5.32 Å². The van der Waals surface area contributed by atoms with Gasteiger partial charge in [-0.3, -0.25) is 14.4 Å². The number of anilines is 1. The molecule has 9 nitrogen and oxygen atoms in total. The van der Waals surface area contributed by atoms with Gasteiger partial charge in [0.1, 0.15) is 18.8 Å². The minimum atomic E-state index is -1.24. The van der Waals surface area contributed by atoms with Crippen molar-refractivity contribution < 1.29 is 29.4 Å². The fourth-order valence-electron chi connectivity index (χ4n) is 3.37. The van der Waals surface area contributed by atoms with Crippen LogP contribution in [0.25, 0.3) is 10.9 Å². The number of aromatic nitrogens is 1. The molecule has 33 heavy (non-hydrogen) atoms. The third-order valence-electron chi connectivity index (χ3n) is 4.87. The number of aliphatic carboxylic acids is 1. The standard InChI is InChI=1S/C22H19Cl2N3O6/c1-12(28)26(11-21(30)31)10-20(29)25-17-3-2-4-18-14(17)8-19(22(32)33)27(18)9-13-5-6-15(23)16(24)7-13/h2-8H,9-11H2,1H3,(H,25,29)(H,30,31)(H,32,33). The van der Waals surface area contributed by atoms with Crippen LogP contribution < -0.4 is 5.32 Å². The molecule has 0 atom stereocenters. The first kappa shape index (κ1) is 24.1. The topological polar surface area (TPSA) is 129 Å². The predicted molar refractivity (Wildman–Crippen MR) is 123 cm³/mol. The number of carboxylic acid groups (broad SMARTS) is 2. The third-order valence-corrected chi connectivity index (χ3v) is 5.61. The summed E-state index contributed by atoms with van der Waals surface area (Å²) < 4.78 is 1.57. The summed E-state index contributed by atoms with van der Waals surface area (Å²) >= 11 is 12.0. The van der Waals surface area contributed by atoms with Crippen LogP contribution >= 0.6 is 23.2 Å². The summed E-state index contributed by atoms with van der Waals surface area (Å²) in [4.78, 5) is 47.8. The van der Waals surface area contributed by atoms with E-state index in [1.807, 2.05) is 0 Å². The van der Waals surface area contributed by atoms with Crippen LogP contribution in [0.5, 0.6) is 0 Å². The van der Waals surface area contributed by atoms with Crippen molar-refractivity contribution in [3.8, 4) is 0 Å². The number of aromatic carboxylic acids is 1. The summed E-state index contributed by atoms with van der Waals surface area (Å²) in [5, 5.41) is 22.5. The summed E-state index contributed by atoms with van der Waals surface area (Å²) in [6.07, 6.45) is 0. The van der Waals surface area contributed by atoms with Gasteiger partial charge < -0.3 is 25.0 Å². The van der Waals surface area contributed by atoms with E-state index in [4.69, 9.17) is 28.3 Å². The molecule has 1 heterocycles. The monoisotopic (exact) mass is 491 g/mol. The van der Waals surface area contributed by atoms with E-state index < -0.39 is 36.8 Å². The molecular formula is C22H19Cl2N3O6. The van der Waals surface area contributed by atoms with E-state index in [0.717, 1.165) is 10.5 Å². The van der Waals surface area contributed by atoms with Gasteiger partial charge in [-0.25, -0.2) is 4.79 Å². The van der Waals surface area contributed by atoms with Gasteiger partial charge in [0.15, 0.2) is 0 Å². The van der Waals surface area contributed by atoms with Gasteiger partial charge in [-0.15, -0.1) is 0 Å². The van der Waals surface area contributed by atoms with Crippen LogP contribution in [0.15, 0.2) is 42.5 Å². The minimum Gasteiger partial charge on any atom is -0.480 e. The molecule has 0 saturated heterocycles. The molecule has 172 valence electrons. The van der Waals surface area contributed by atoms with E-state index in [1.54, 1.807) is 41.0 Å². The van der Waals surface area contributed by atoms with Gasteiger partial charge in [0.05, 0.1) is 21.2 Å². The molecule has 3 aromatic rings. The predicted octanol–water partition coefficient (Wildman–Crippen LogP) is 3.57. The van der Waals surface area contributed by atoms with Gasteiger partial charge in [0.25, 0.3) is 0 Å². The second-order valence-electron chi connectivity index (χ2n) is 7.22. The molecule has 2 amide bonds. The van der Waals surface area contributed by atoms with Crippen molar-refractivity contribution in [2.24, 2.45) is 0 Å². The molecule has 3 N–H and O–H groups in total. The van der Waals surface area contributed by atoms with Crippen molar-refractivity contribution in [3.63, 3.8) is 0 Å². The number of amides is 2. The lowest BCUT2D eigenvalue weighted by molar-refractivity contribution is -0.144. The Bertz CT molecular complexity index is 1270. The van der Waals surface area contributed by atoms with Crippen LogP contribution in [0.1, 0.15) is 23.0 Å². The number of nitrogens with zero attached hydrogens (tertiary/aromatic N) is 2. The Kier molecular flexibility index (Phi) is 7.25. The van der Waals surface area contributed by atoms with Gasteiger partial charge >= 0.3 is 11.9 Å². The lowest BCUT2D eigenvalue weighted by Gasteiger charge is -2.18. The Balaban J connectivity index is 1.95. The molecule has 0 aliphatic carbocycles. The van der Waals surface area contributed by atoms with Gasteiger partial charge in [-0.05, 0) is 35.9 Å². The maximum absolute atomic E-state index is 12.5. The van der Waals surface area contributed by atoms with Gasteiger partial charge in [-0.2, -0.15) is 0 Å². The first-order valence-electron chi connectivity index (χ1n) is 9.63. The zero-order valence-electron chi connectivity index (χ0n) is 17.3. The highest BCUT2D eigenvalue weighted by Crippen LogP contribution is 2.29. The SMILES string of the molecule is CC(=O)N(CC(=O)O)CC(=O)Nc1cccc2c1cc(C(=O)O)n2Cc1ccc(Cl)c(Cl)c1. The largest absolute Gasteiger partial charge is 0.480 e. The molecule has 0 spiro atoms. The van der Waals surface area contributed by atoms with Crippen molar-refractivity contribution in [1.82, 2.24) is 9.47 Å². The zero-order valence-corrected chi connectivity index (χ0v) is 18.9. The van der Waals surface area contributed by atoms with E-state index in [-0.39, 0.29) is 12.2 Å². The van der Waals surface area contributed by atoms with Crippen LogP contribution in [0.2, 0.25) is 10.0 Å². The minimum absolute atomic E-state index is 0.00555. The van der Waals surface area contributed by atoms with Gasteiger partial charge in [-0.1, -0.05) is 35.3 Å². The Morgan fingerprint density at radius 1 is 1.00 bits per heavy atom. The van der Waals surface area contributed by atoms with Gasteiger partial charge in [0, 0.05) is 18.9 Å². The number of rotatable bonds is 8. The second-order valence-corrected chi connectivity index (χ2v) is 8.04. The first-order chi connectivity index (χ1) is 15.6. The Hall–Kier alpha value is -3.56. The van der Waals surface area contributed by atoms with Crippen molar-refractivity contribution in [2.75, 3.05) is 18.4 Å². The summed E-state index contributed by atoms with van der Waals surface area (Å²) in [5.41, 5.74) is 1.59. The quantitative estimate of drug-likeness (QED) is 0.441. The second kappa shape index (κ2) is 9.93. The smallest absolute Gasteiger partial charge is 0.352 e. The van der Waals surface area contributed by atoms with E-state index in [1.165, 1.54) is 13.0 Å². The first-order valence-corrected chi connectivity index (χ1v) is 10.4. The van der Waals surface area contributed by atoms with Gasteiger partial charge in [0.2, 0.25) is 11.8 Å². The fourth-order valence-corrected chi connectivity index (χ4v) is 3.69. The molecule has 0 aliphatic rings. The third kappa shape index (κ3) is 5.63. The Labute approximate surface area is 198 Å². The van der Waals surface area contributed by atoms with E-state index in [9.17, 15) is 24.3 Å². The number of hydrogen-bond donors (Lipinski definition) is 3. The highest BCUT2D eigenvalue weighted by Gasteiger charge is 2.20. The highest BCUT2D eigenvalue weighted by molar-refractivity contribution is 6.42. The fraction of sp³-hybridized carbons (Fsp3) is 0.182. The molecule has 0 fully saturated rings. The van der Waals surface area contributed by atoms with Crippen molar-refractivity contribution in [1.29, 1.82) is 0 Å². The van der Waals surface area contributed by atoms with E-state index in [0.29, 0.717) is 26.6 Å². The molecule has 2 aromatic carbocycles. The normalized spacial score (nSPS) is 10.8. The molecular weight excluding hydrogens is 473 g/mol. The molecule has 0 radical (unpaired) electrons. The maximum atomic E-state index is 12.5. The van der Waals surface area contributed by atoms with Crippen molar-refractivity contribution in [3.05, 3.63) is 63.8 Å². The number of nitrogens with one attached hydrogen (secondary N) is 1. The number of carboxylic acids is 2. The molecule has 0 saturated carbocycles. The van der Waals surface area contributed by atoms with Crippen LogP contribution in [0, 0.1) is 0 Å². The molecule has 1 aromatic heterocycles. The number of hydrogen-bond acceptors (Lipinski definition) is 4. The summed E-state index contributed by atoms with van der Waals surface area (Å²) in [5.74, 6) is -3.59. The summed E-state index contributed by atoms with van der Waals surface area (Å²) in [6.45, 7) is 0.277. The Morgan fingerprint density at radius 2 is 1.73 bits per heavy atom. The maximum Gasteiger partial charge on any atom is 0.352 e. The number of carbonyl (C=O) groups is 4. The summed E-state index contributed by atoms with van der Waals surface area (Å²) in [7, 11) is 0. The Morgan fingerprint density at radius 3 is 2.33 bits per heavy atom. The van der Waals surface area contributed by atoms with Crippen LogP contribution in [0.3, 0.4) is 0 Å². The lowest BCUT2D eigenvalue weighted by atomic mass is 10.2. The molecule has 11 heteroatoms. The highest BCUT2D eigenvalue weighted by atomic mass is 35.5. The number of halogens is 2. The summed E-state index contributed by atoms with van der Waals surface area (Å²) in [6, 6.07) is 11.4. The van der Waals surface area contributed by atoms with Crippen LogP contribution in [-0.2, 0) is 20.9 Å². The lowest BCUT2D eigenvalue weighted by Crippen LogP contribution is -2.39.